The smallest absolute Gasteiger partial charge is 0.316 e. The Hall–Kier alpha value is -2.22. The number of rotatable bonds is 7. The Morgan fingerprint density at radius 2 is 2.10 bits per heavy atom. The fourth-order valence-corrected chi connectivity index (χ4v) is 1.92. The maximum atomic E-state index is 11.4. The molecule has 0 aliphatic heterocycles. The zero-order valence-corrected chi connectivity index (χ0v) is 11.4. The van der Waals surface area contributed by atoms with Crippen LogP contribution in [-0.2, 0) is 9.53 Å². The van der Waals surface area contributed by atoms with Crippen molar-refractivity contribution < 1.29 is 14.3 Å². The molecule has 0 aliphatic carbocycles. The highest BCUT2D eigenvalue weighted by atomic mass is 32.2. The zero-order valence-electron chi connectivity index (χ0n) is 10.6. The number of nitrogens with zero attached hydrogens (tertiary/aromatic N) is 2. The molecule has 3 N–H and O–H groups in total. The molecule has 0 radical (unpaired) electrons. The van der Waals surface area contributed by atoms with E-state index in [1.807, 2.05) is 30.3 Å². The summed E-state index contributed by atoms with van der Waals surface area (Å²) < 4.78 is 10.4. The van der Waals surface area contributed by atoms with Gasteiger partial charge in [-0.25, -0.2) is 5.10 Å². The lowest BCUT2D eigenvalue weighted by Gasteiger charge is -2.06. The molecule has 0 bridgehead atoms. The van der Waals surface area contributed by atoms with Gasteiger partial charge in [0.05, 0.1) is 5.75 Å². The van der Waals surface area contributed by atoms with Crippen LogP contribution in [0.5, 0.6) is 5.75 Å². The van der Waals surface area contributed by atoms with E-state index in [1.165, 1.54) is 0 Å². The van der Waals surface area contributed by atoms with Crippen LogP contribution >= 0.6 is 11.8 Å². The molecule has 7 nitrogen and oxygen atoms in total. The van der Waals surface area contributed by atoms with E-state index in [1.54, 1.807) is 0 Å². The number of esters is 1. The first-order valence-electron chi connectivity index (χ1n) is 5.88. The highest BCUT2D eigenvalue weighted by Crippen LogP contribution is 2.12. The van der Waals surface area contributed by atoms with Crippen LogP contribution in [0.25, 0.3) is 0 Å². The average molecular weight is 294 g/mol. The molecule has 0 atom stereocenters. The molecule has 0 amide bonds. The van der Waals surface area contributed by atoms with Crippen molar-refractivity contribution in [2.24, 2.45) is 0 Å². The minimum atomic E-state index is -0.352. The number of thioether (sulfide) groups is 1. The summed E-state index contributed by atoms with van der Waals surface area (Å²) in [5.41, 5.74) is 5.36. The van der Waals surface area contributed by atoms with Crippen molar-refractivity contribution in [2.45, 2.75) is 5.16 Å². The van der Waals surface area contributed by atoms with Crippen LogP contribution in [0, 0.1) is 0 Å². The largest absolute Gasteiger partial charge is 0.490 e. The summed E-state index contributed by atoms with van der Waals surface area (Å²) >= 11 is 1.15. The Morgan fingerprint density at radius 1 is 1.30 bits per heavy atom. The highest BCUT2D eigenvalue weighted by molar-refractivity contribution is 7.99. The van der Waals surface area contributed by atoms with Gasteiger partial charge in [0.15, 0.2) is 0 Å². The van der Waals surface area contributed by atoms with Gasteiger partial charge in [-0.1, -0.05) is 30.0 Å². The Morgan fingerprint density at radius 3 is 2.80 bits per heavy atom. The fourth-order valence-electron chi connectivity index (χ4n) is 1.32. The number of ether oxygens (including phenoxy) is 2. The molecule has 0 unspecified atom stereocenters. The second-order valence-corrected chi connectivity index (χ2v) is 4.62. The van der Waals surface area contributed by atoms with Crippen molar-refractivity contribution >= 4 is 23.7 Å². The van der Waals surface area contributed by atoms with Gasteiger partial charge in [0.2, 0.25) is 11.1 Å². The summed E-state index contributed by atoms with van der Waals surface area (Å²) in [5, 5.41) is 6.70. The molecule has 2 rings (SSSR count). The van der Waals surface area contributed by atoms with Crippen LogP contribution in [0.2, 0.25) is 0 Å². The number of carbonyl (C=O) groups excluding carboxylic acids is 1. The Bertz CT molecular complexity index is 547. The minimum Gasteiger partial charge on any atom is -0.490 e. The molecule has 2 aromatic rings. The first-order chi connectivity index (χ1) is 9.74. The van der Waals surface area contributed by atoms with Crippen molar-refractivity contribution in [2.75, 3.05) is 24.7 Å². The monoisotopic (exact) mass is 294 g/mol. The molecule has 0 aliphatic rings. The number of hydrogen-bond acceptors (Lipinski definition) is 7. The van der Waals surface area contributed by atoms with Crippen molar-refractivity contribution in [3.63, 3.8) is 0 Å². The van der Waals surface area contributed by atoms with Crippen LogP contribution in [0.15, 0.2) is 35.5 Å². The quantitative estimate of drug-likeness (QED) is 0.447. The topological polar surface area (TPSA) is 103 Å². The number of nitrogens with two attached hydrogens (primary N) is 1. The average Bonchev–Trinajstić information content (AvgIpc) is 2.88. The third-order valence-corrected chi connectivity index (χ3v) is 2.98. The lowest BCUT2D eigenvalue weighted by atomic mass is 10.3. The molecular weight excluding hydrogens is 280 g/mol. The maximum Gasteiger partial charge on any atom is 0.316 e. The number of benzene rings is 1. The SMILES string of the molecule is Nc1nc(SCC(=O)OCCOc2ccccc2)n[nH]1. The number of hydrogen-bond donors (Lipinski definition) is 2. The number of carbonyl (C=O) groups is 1. The predicted molar refractivity (Wildman–Crippen MR) is 74.4 cm³/mol. The standard InChI is InChI=1S/C12H14N4O3S/c13-11-14-12(16-15-11)20-8-10(17)19-7-6-18-9-4-2-1-3-5-9/h1-5H,6-8H2,(H3,13,14,15,16). The van der Waals surface area contributed by atoms with E-state index >= 15 is 0 Å². The molecule has 1 aromatic heterocycles. The van der Waals surface area contributed by atoms with Gasteiger partial charge >= 0.3 is 5.97 Å². The molecule has 8 heteroatoms. The molecule has 1 aromatic carbocycles. The maximum absolute atomic E-state index is 11.4. The first-order valence-corrected chi connectivity index (χ1v) is 6.87. The van der Waals surface area contributed by atoms with Gasteiger partial charge in [0, 0.05) is 0 Å². The van der Waals surface area contributed by atoms with Crippen LogP contribution in [0.3, 0.4) is 0 Å². The van der Waals surface area contributed by atoms with Crippen LogP contribution in [-0.4, -0.2) is 40.1 Å². The summed E-state index contributed by atoms with van der Waals surface area (Å²) in [6.45, 7) is 0.512. The third-order valence-electron chi connectivity index (χ3n) is 2.16. The molecular formula is C12H14N4O3S. The van der Waals surface area contributed by atoms with E-state index in [9.17, 15) is 4.79 Å². The first kappa shape index (κ1) is 14.2. The fraction of sp³-hybridized carbons (Fsp3) is 0.250. The normalized spacial score (nSPS) is 10.2. The van der Waals surface area contributed by atoms with E-state index in [0.717, 1.165) is 17.5 Å². The Kier molecular flexibility index (Phi) is 5.24. The Balaban J connectivity index is 1.58. The number of aromatic nitrogens is 3. The van der Waals surface area contributed by atoms with Crippen LogP contribution < -0.4 is 10.5 Å². The molecule has 0 saturated carbocycles. The van der Waals surface area contributed by atoms with E-state index in [2.05, 4.69) is 15.2 Å². The molecule has 0 spiro atoms. The molecule has 20 heavy (non-hydrogen) atoms. The summed E-state index contributed by atoms with van der Waals surface area (Å²) in [7, 11) is 0. The van der Waals surface area contributed by atoms with Crippen molar-refractivity contribution in [1.82, 2.24) is 15.2 Å². The summed E-state index contributed by atoms with van der Waals surface area (Å²) in [5.74, 6) is 0.740. The summed E-state index contributed by atoms with van der Waals surface area (Å²) in [4.78, 5) is 15.3. The van der Waals surface area contributed by atoms with Crippen LogP contribution in [0.1, 0.15) is 0 Å². The number of nitrogen functional groups attached to an aromatic ring is 1. The van der Waals surface area contributed by atoms with Crippen molar-refractivity contribution in [3.05, 3.63) is 30.3 Å². The highest BCUT2D eigenvalue weighted by Gasteiger charge is 2.07. The van der Waals surface area contributed by atoms with Gasteiger partial charge in [-0.15, -0.1) is 5.10 Å². The lowest BCUT2D eigenvalue weighted by Crippen LogP contribution is -2.13. The van der Waals surface area contributed by atoms with Gasteiger partial charge in [-0.2, -0.15) is 4.98 Å². The summed E-state index contributed by atoms with van der Waals surface area (Å²) in [6, 6.07) is 9.33. The number of anilines is 1. The van der Waals surface area contributed by atoms with Crippen molar-refractivity contribution in [3.8, 4) is 5.75 Å². The van der Waals surface area contributed by atoms with E-state index in [4.69, 9.17) is 15.2 Å². The van der Waals surface area contributed by atoms with Gasteiger partial charge in [0.25, 0.3) is 0 Å². The second kappa shape index (κ2) is 7.39. The molecule has 1 heterocycles. The minimum absolute atomic E-state index is 0.128. The van der Waals surface area contributed by atoms with Gasteiger partial charge in [-0.3, -0.25) is 4.79 Å². The zero-order chi connectivity index (χ0) is 14.2. The number of H-pyrrole nitrogens is 1. The van der Waals surface area contributed by atoms with Gasteiger partial charge < -0.3 is 15.2 Å². The third kappa shape index (κ3) is 4.81. The Labute approximate surface area is 119 Å². The van der Waals surface area contributed by atoms with E-state index < -0.39 is 0 Å². The van der Waals surface area contributed by atoms with E-state index in [-0.39, 0.29) is 24.3 Å². The molecule has 0 fully saturated rings. The van der Waals surface area contributed by atoms with E-state index in [0.29, 0.717) is 11.8 Å². The van der Waals surface area contributed by atoms with Gasteiger partial charge in [-0.05, 0) is 12.1 Å². The number of aromatic amines is 1. The van der Waals surface area contributed by atoms with Crippen LogP contribution in [0.4, 0.5) is 5.95 Å². The predicted octanol–water partition coefficient (Wildman–Crippen LogP) is 1.10. The van der Waals surface area contributed by atoms with Gasteiger partial charge in [0.1, 0.15) is 19.0 Å². The van der Waals surface area contributed by atoms with Crippen molar-refractivity contribution in [1.29, 1.82) is 0 Å². The lowest BCUT2D eigenvalue weighted by molar-refractivity contribution is -0.141. The number of para-hydroxylation sites is 1. The summed E-state index contributed by atoms with van der Waals surface area (Å²) in [6.07, 6.45) is 0. The second-order valence-electron chi connectivity index (χ2n) is 3.67. The molecule has 106 valence electrons. The molecule has 0 saturated heterocycles. The number of nitrogens with one attached hydrogen (secondary N) is 1.